The maximum Gasteiger partial charge on any atom is 0.254 e. The number of hydrogen-bond donors (Lipinski definition) is 3. The molecule has 0 spiro atoms. The van der Waals surface area contributed by atoms with Gasteiger partial charge in [0.25, 0.3) is 5.95 Å². The van der Waals surface area contributed by atoms with E-state index in [0.717, 1.165) is 52.9 Å². The molecule has 5 aromatic rings. The molecule has 1 atom stereocenters. The summed E-state index contributed by atoms with van der Waals surface area (Å²) < 4.78 is 3.96. The van der Waals surface area contributed by atoms with Crippen molar-refractivity contribution in [3.63, 3.8) is 0 Å². The van der Waals surface area contributed by atoms with E-state index in [1.54, 1.807) is 6.07 Å². The number of aryl methyl sites for hydroxylation is 1. The Hall–Kier alpha value is -4.17. The van der Waals surface area contributed by atoms with Gasteiger partial charge >= 0.3 is 0 Å². The van der Waals surface area contributed by atoms with Gasteiger partial charge in [-0.15, -0.1) is 5.10 Å². The van der Waals surface area contributed by atoms with Gasteiger partial charge in [0, 0.05) is 35.8 Å². The van der Waals surface area contributed by atoms with E-state index < -0.39 is 5.91 Å². The maximum absolute atomic E-state index is 12.1. The number of nitrogens with one attached hydrogen (secondary N) is 2. The zero-order valence-corrected chi connectivity index (χ0v) is 24.2. The van der Waals surface area contributed by atoms with Crippen LogP contribution in [0.1, 0.15) is 74.3 Å². The van der Waals surface area contributed by atoms with Crippen LogP contribution in [0.15, 0.2) is 66.7 Å². The number of hydrogen-bond acceptors (Lipinski definition) is 5. The molecule has 1 unspecified atom stereocenters. The van der Waals surface area contributed by atoms with Crippen molar-refractivity contribution in [1.82, 2.24) is 24.5 Å². The number of primary amides is 1. The molecule has 1 amide bonds. The molecule has 0 aliphatic heterocycles. The average molecular weight is 540 g/mol. The zero-order chi connectivity index (χ0) is 28.6. The van der Waals surface area contributed by atoms with Crippen molar-refractivity contribution in [1.29, 1.82) is 0 Å². The lowest BCUT2D eigenvalue weighted by molar-refractivity contribution is 0.100. The molecule has 5 rings (SSSR count). The normalized spacial score (nSPS) is 11.8. The fourth-order valence-electron chi connectivity index (χ4n) is 5.07. The molecule has 3 aromatic heterocycles. The smallest absolute Gasteiger partial charge is 0.254 e. The van der Waals surface area contributed by atoms with Crippen molar-refractivity contribution in [2.75, 3.05) is 5.32 Å². The first-order valence-corrected chi connectivity index (χ1v) is 14.3. The Morgan fingerprint density at radius 1 is 0.975 bits per heavy atom. The quantitative estimate of drug-likeness (QED) is 0.181. The molecule has 0 radical (unpaired) electrons. The summed E-state index contributed by atoms with van der Waals surface area (Å²) in [6, 6.07) is 22.4. The standard InChI is InChI=1S/C30H35N7O.C2H6/c1-4-10-22(5-2)32-19-23-15-16-27-29(33-18-21-11-7-6-8-12-21)34-30(35-37(23)27)36-20(3)17-25-24(28(31)38)13-9-14-26(25)36;1-2/h6-9,11-17,22,32H,4-5,10,18-19H2,1-3H3,(H2,31,38)(H,33,34,35);1-2H3. The third-order valence-electron chi connectivity index (χ3n) is 7.08. The van der Waals surface area contributed by atoms with Gasteiger partial charge in [0.05, 0.1) is 11.2 Å². The molecular weight excluding hydrogens is 498 g/mol. The van der Waals surface area contributed by atoms with Crippen LogP contribution in [0.3, 0.4) is 0 Å². The van der Waals surface area contributed by atoms with Crippen LogP contribution in [0.5, 0.6) is 0 Å². The molecule has 2 aromatic carbocycles. The molecular formula is C32H41N7O. The Morgan fingerprint density at radius 2 is 1.75 bits per heavy atom. The molecule has 8 nitrogen and oxygen atoms in total. The lowest BCUT2D eigenvalue weighted by Crippen LogP contribution is -2.28. The molecule has 0 aliphatic rings. The second-order valence-corrected chi connectivity index (χ2v) is 9.72. The van der Waals surface area contributed by atoms with E-state index >= 15 is 0 Å². The number of aromatic nitrogens is 4. The molecule has 210 valence electrons. The first kappa shape index (κ1) is 28.8. The molecule has 0 bridgehead atoms. The summed E-state index contributed by atoms with van der Waals surface area (Å²) in [7, 11) is 0. The summed E-state index contributed by atoms with van der Waals surface area (Å²) in [6.07, 6.45) is 3.37. The van der Waals surface area contributed by atoms with Gasteiger partial charge in [0.2, 0.25) is 5.91 Å². The van der Waals surface area contributed by atoms with Gasteiger partial charge in [-0.2, -0.15) is 4.98 Å². The first-order valence-electron chi connectivity index (χ1n) is 14.3. The minimum Gasteiger partial charge on any atom is -0.366 e. The second-order valence-electron chi connectivity index (χ2n) is 9.72. The van der Waals surface area contributed by atoms with E-state index in [-0.39, 0.29) is 0 Å². The predicted octanol–water partition coefficient (Wildman–Crippen LogP) is 6.39. The third kappa shape index (κ3) is 6.02. The number of fused-ring (bicyclic) bond motifs is 2. The van der Waals surface area contributed by atoms with E-state index in [1.807, 2.05) is 66.3 Å². The average Bonchev–Trinajstić information content (AvgIpc) is 3.55. The Kier molecular flexibility index (Phi) is 9.56. The summed E-state index contributed by atoms with van der Waals surface area (Å²) in [4.78, 5) is 17.1. The summed E-state index contributed by atoms with van der Waals surface area (Å²) >= 11 is 0. The zero-order valence-electron chi connectivity index (χ0n) is 24.2. The number of anilines is 1. The van der Waals surface area contributed by atoms with Crippen LogP contribution < -0.4 is 16.4 Å². The predicted molar refractivity (Wildman–Crippen MR) is 164 cm³/mol. The maximum atomic E-state index is 12.1. The Morgan fingerprint density at radius 3 is 2.45 bits per heavy atom. The number of rotatable bonds is 11. The van der Waals surface area contributed by atoms with E-state index in [0.29, 0.717) is 30.6 Å². The summed E-state index contributed by atoms with van der Waals surface area (Å²) in [5, 5.41) is 13.0. The Bertz CT molecular complexity index is 1570. The molecule has 0 aliphatic carbocycles. The number of amides is 1. The second kappa shape index (κ2) is 13.3. The molecule has 0 fully saturated rings. The Balaban J connectivity index is 0.00000181. The van der Waals surface area contributed by atoms with Crippen molar-refractivity contribution >= 4 is 28.1 Å². The summed E-state index contributed by atoms with van der Waals surface area (Å²) in [6.45, 7) is 11.8. The molecule has 0 saturated heterocycles. The van der Waals surface area contributed by atoms with Gasteiger partial charge in [-0.25, -0.2) is 4.52 Å². The van der Waals surface area contributed by atoms with Crippen LogP contribution in [-0.2, 0) is 13.1 Å². The van der Waals surface area contributed by atoms with Gasteiger partial charge in [-0.1, -0.05) is 70.5 Å². The van der Waals surface area contributed by atoms with Crippen molar-refractivity contribution in [2.45, 2.75) is 73.0 Å². The lowest BCUT2D eigenvalue weighted by Gasteiger charge is -2.17. The van der Waals surface area contributed by atoms with E-state index in [1.165, 1.54) is 5.56 Å². The first-order chi connectivity index (χ1) is 19.5. The van der Waals surface area contributed by atoms with Gasteiger partial charge in [0.1, 0.15) is 5.52 Å². The topological polar surface area (TPSA) is 102 Å². The molecule has 3 heterocycles. The van der Waals surface area contributed by atoms with Crippen LogP contribution in [0.4, 0.5) is 5.82 Å². The highest BCUT2D eigenvalue weighted by atomic mass is 16.1. The SMILES string of the molecule is CC.CCCC(CC)NCc1ccc2c(NCc3ccccc3)nc(-n3c(C)cc4c(C(N)=O)cccc43)nn12. The van der Waals surface area contributed by atoms with E-state index in [4.69, 9.17) is 15.8 Å². The fourth-order valence-corrected chi connectivity index (χ4v) is 5.07. The highest BCUT2D eigenvalue weighted by Gasteiger charge is 2.18. The number of benzene rings is 2. The van der Waals surface area contributed by atoms with Crippen LogP contribution in [0.2, 0.25) is 0 Å². The van der Waals surface area contributed by atoms with Crippen molar-refractivity contribution in [2.24, 2.45) is 5.73 Å². The molecule has 4 N–H and O–H groups in total. The largest absolute Gasteiger partial charge is 0.366 e. The fraction of sp³-hybridized carbons (Fsp3) is 0.344. The van der Waals surface area contributed by atoms with Crippen LogP contribution in [0, 0.1) is 6.92 Å². The van der Waals surface area contributed by atoms with Crippen LogP contribution in [0.25, 0.3) is 22.4 Å². The molecule has 8 heteroatoms. The number of carbonyl (C=O) groups excluding carboxylic acids is 1. The Labute approximate surface area is 236 Å². The summed E-state index contributed by atoms with van der Waals surface area (Å²) in [5.41, 5.74) is 11.1. The number of nitrogens with two attached hydrogens (primary N) is 1. The minimum absolute atomic E-state index is 0.453. The van der Waals surface area contributed by atoms with Gasteiger partial charge < -0.3 is 16.4 Å². The monoisotopic (exact) mass is 539 g/mol. The van der Waals surface area contributed by atoms with Crippen LogP contribution in [-0.4, -0.2) is 31.1 Å². The summed E-state index contributed by atoms with van der Waals surface area (Å²) in [5.74, 6) is 0.823. The van der Waals surface area contributed by atoms with Crippen LogP contribution >= 0.6 is 0 Å². The van der Waals surface area contributed by atoms with Gasteiger partial charge in [-0.3, -0.25) is 9.36 Å². The van der Waals surface area contributed by atoms with Crippen molar-refractivity contribution in [3.8, 4) is 5.95 Å². The lowest BCUT2D eigenvalue weighted by atomic mass is 10.1. The van der Waals surface area contributed by atoms with Gasteiger partial charge in [-0.05, 0) is 55.7 Å². The van der Waals surface area contributed by atoms with E-state index in [2.05, 4.69) is 48.7 Å². The third-order valence-corrected chi connectivity index (χ3v) is 7.08. The highest BCUT2D eigenvalue weighted by Crippen LogP contribution is 2.27. The van der Waals surface area contributed by atoms with Crippen molar-refractivity contribution in [3.05, 3.63) is 89.2 Å². The van der Waals surface area contributed by atoms with Gasteiger partial charge in [0.15, 0.2) is 5.82 Å². The highest BCUT2D eigenvalue weighted by molar-refractivity contribution is 6.06. The van der Waals surface area contributed by atoms with Crippen molar-refractivity contribution < 1.29 is 4.79 Å². The number of nitrogens with zero attached hydrogens (tertiary/aromatic N) is 4. The molecule has 40 heavy (non-hydrogen) atoms. The molecule has 0 saturated carbocycles. The minimum atomic E-state index is -0.453. The van der Waals surface area contributed by atoms with E-state index in [9.17, 15) is 4.79 Å². The number of carbonyl (C=O) groups is 1.